The van der Waals surface area contributed by atoms with Crippen LogP contribution in [0.1, 0.15) is 12.5 Å². The molecule has 0 aliphatic rings. The minimum Gasteiger partial charge on any atom is -0.324 e. The zero-order valence-electron chi connectivity index (χ0n) is 20.5. The van der Waals surface area contributed by atoms with Crippen molar-refractivity contribution in [2.75, 3.05) is 20.6 Å². The molecule has 0 aromatic heterocycles. The zero-order chi connectivity index (χ0) is 26.8. The summed E-state index contributed by atoms with van der Waals surface area (Å²) in [5, 5.41) is 4.35. The van der Waals surface area contributed by atoms with Crippen LogP contribution in [0.4, 0.5) is 17.1 Å². The number of carbonyl (C=O) groups is 1. The van der Waals surface area contributed by atoms with Crippen LogP contribution in [0.15, 0.2) is 95.9 Å². The van der Waals surface area contributed by atoms with E-state index in [9.17, 15) is 21.6 Å². The number of rotatable bonds is 8. The topological polar surface area (TPSA) is 113 Å². The summed E-state index contributed by atoms with van der Waals surface area (Å²) < 4.78 is 54.6. The predicted molar refractivity (Wildman–Crippen MR) is 148 cm³/mol. The molecule has 1 atom stereocenters. The lowest BCUT2D eigenvalue weighted by Crippen LogP contribution is -2.45. The first kappa shape index (κ1) is 26.2. The van der Waals surface area contributed by atoms with E-state index in [4.69, 9.17) is 0 Å². The van der Waals surface area contributed by atoms with Crippen molar-refractivity contribution in [1.82, 2.24) is 0 Å². The van der Waals surface area contributed by atoms with E-state index in [-0.39, 0.29) is 4.90 Å². The van der Waals surface area contributed by atoms with Gasteiger partial charge in [0.25, 0.3) is 10.0 Å². The quantitative estimate of drug-likeness (QED) is 0.337. The number of amides is 1. The molecule has 4 aromatic carbocycles. The lowest BCUT2D eigenvalue weighted by atomic mass is 10.1. The molecule has 37 heavy (non-hydrogen) atoms. The van der Waals surface area contributed by atoms with Gasteiger partial charge in [0.15, 0.2) is 0 Å². The fourth-order valence-corrected chi connectivity index (χ4v) is 6.24. The molecule has 2 N–H and O–H groups in total. The molecule has 0 saturated carbocycles. The molecular weight excluding hydrogens is 510 g/mol. The van der Waals surface area contributed by atoms with E-state index in [1.807, 2.05) is 37.3 Å². The van der Waals surface area contributed by atoms with Gasteiger partial charge in [0.2, 0.25) is 15.9 Å². The van der Waals surface area contributed by atoms with Crippen LogP contribution in [0, 0.1) is 6.92 Å². The molecule has 4 rings (SSSR count). The Morgan fingerprint density at radius 3 is 2.08 bits per heavy atom. The van der Waals surface area contributed by atoms with E-state index >= 15 is 0 Å². The van der Waals surface area contributed by atoms with Gasteiger partial charge in [-0.05, 0) is 61.7 Å². The molecule has 0 unspecified atom stereocenters. The highest BCUT2D eigenvalue weighted by Crippen LogP contribution is 2.26. The number of nitrogens with zero attached hydrogens (tertiary/aromatic N) is 1. The molecule has 1 amide bonds. The number of sulfonamides is 2. The Morgan fingerprint density at radius 1 is 0.811 bits per heavy atom. The fourth-order valence-electron chi connectivity index (χ4n) is 3.98. The van der Waals surface area contributed by atoms with Gasteiger partial charge in [0, 0.05) is 11.1 Å². The second-order valence-corrected chi connectivity index (χ2v) is 12.3. The largest absolute Gasteiger partial charge is 0.324 e. The smallest absolute Gasteiger partial charge is 0.261 e. The predicted octanol–water partition coefficient (Wildman–Crippen LogP) is 4.74. The van der Waals surface area contributed by atoms with E-state index in [0.717, 1.165) is 26.9 Å². The van der Waals surface area contributed by atoms with Crippen molar-refractivity contribution in [3.63, 3.8) is 0 Å². The van der Waals surface area contributed by atoms with Crippen molar-refractivity contribution in [2.24, 2.45) is 0 Å². The van der Waals surface area contributed by atoms with E-state index < -0.39 is 32.0 Å². The molecule has 0 spiro atoms. The van der Waals surface area contributed by atoms with Crippen LogP contribution in [0.3, 0.4) is 0 Å². The van der Waals surface area contributed by atoms with Gasteiger partial charge in [-0.2, -0.15) is 0 Å². The summed E-state index contributed by atoms with van der Waals surface area (Å²) in [6.07, 6.45) is 1.04. The highest BCUT2D eigenvalue weighted by molar-refractivity contribution is 7.92. The van der Waals surface area contributed by atoms with Gasteiger partial charge in [-0.25, -0.2) is 16.8 Å². The monoisotopic (exact) mass is 537 g/mol. The number of hydrogen-bond donors (Lipinski definition) is 2. The molecule has 0 radical (unpaired) electrons. The Bertz CT molecular complexity index is 1650. The van der Waals surface area contributed by atoms with Crippen LogP contribution in [-0.2, 0) is 24.8 Å². The summed E-state index contributed by atoms with van der Waals surface area (Å²) in [5.74, 6) is -0.560. The van der Waals surface area contributed by atoms with Gasteiger partial charge < -0.3 is 5.32 Å². The molecule has 0 aliphatic carbocycles. The van der Waals surface area contributed by atoms with Crippen molar-refractivity contribution in [2.45, 2.75) is 24.8 Å². The summed E-state index contributed by atoms with van der Waals surface area (Å²) >= 11 is 0. The van der Waals surface area contributed by atoms with Crippen LogP contribution in [0.5, 0.6) is 0 Å². The average Bonchev–Trinajstić information content (AvgIpc) is 2.85. The first-order chi connectivity index (χ1) is 17.5. The molecule has 0 heterocycles. The number of nitrogens with one attached hydrogen (secondary N) is 2. The van der Waals surface area contributed by atoms with E-state index in [2.05, 4.69) is 10.0 Å². The second kappa shape index (κ2) is 10.2. The molecule has 192 valence electrons. The first-order valence-corrected chi connectivity index (χ1v) is 14.8. The van der Waals surface area contributed by atoms with Crippen molar-refractivity contribution in [3.8, 4) is 0 Å². The SMILES string of the molecule is Cc1ccc(N([C@H](C)C(=O)Nc2ccc(S(=O)(=O)Nc3cccc4ccccc34)cc2)S(C)(=O)=O)cc1. The summed E-state index contributed by atoms with van der Waals surface area (Å²) in [6, 6.07) is 24.3. The molecule has 0 bridgehead atoms. The van der Waals surface area contributed by atoms with Crippen LogP contribution < -0.4 is 14.3 Å². The fraction of sp³-hybridized carbons (Fsp3) is 0.148. The minimum atomic E-state index is -3.89. The number of aryl methyl sites for hydroxylation is 1. The molecule has 4 aromatic rings. The third kappa shape index (κ3) is 5.92. The van der Waals surface area contributed by atoms with Crippen molar-refractivity contribution < 1.29 is 21.6 Å². The second-order valence-electron chi connectivity index (χ2n) is 8.72. The molecular formula is C27H27N3O5S2. The summed E-state index contributed by atoms with van der Waals surface area (Å²) in [4.78, 5) is 13.0. The normalized spacial score (nSPS) is 12.6. The van der Waals surface area contributed by atoms with Gasteiger partial charge in [-0.3, -0.25) is 13.8 Å². The van der Waals surface area contributed by atoms with Crippen molar-refractivity contribution >= 4 is 53.8 Å². The van der Waals surface area contributed by atoms with Crippen LogP contribution in [-0.4, -0.2) is 35.0 Å². The van der Waals surface area contributed by atoms with Gasteiger partial charge in [0.05, 0.1) is 22.5 Å². The van der Waals surface area contributed by atoms with E-state index in [1.54, 1.807) is 36.4 Å². The standard InChI is InChI=1S/C27H27N3O5S2/c1-19-11-15-23(16-12-19)30(36(3,32)33)20(2)27(31)28-22-13-17-24(18-14-22)37(34,35)29-26-10-6-8-21-7-4-5-9-25(21)26/h4-18,20,29H,1-3H3,(H,28,31)/t20-/m1/s1. The zero-order valence-corrected chi connectivity index (χ0v) is 22.2. The number of anilines is 3. The Hall–Kier alpha value is -3.89. The van der Waals surface area contributed by atoms with Crippen molar-refractivity contribution in [1.29, 1.82) is 0 Å². The summed E-state index contributed by atoms with van der Waals surface area (Å²) in [6.45, 7) is 3.37. The third-order valence-electron chi connectivity index (χ3n) is 5.84. The van der Waals surface area contributed by atoms with Gasteiger partial charge >= 0.3 is 0 Å². The summed E-state index contributed by atoms with van der Waals surface area (Å²) in [7, 11) is -7.64. The molecule has 8 nitrogen and oxygen atoms in total. The van der Waals surface area contributed by atoms with E-state index in [0.29, 0.717) is 17.1 Å². The Kier molecular flexibility index (Phi) is 7.24. The van der Waals surface area contributed by atoms with Crippen molar-refractivity contribution in [3.05, 3.63) is 96.6 Å². The minimum absolute atomic E-state index is 0.0175. The highest BCUT2D eigenvalue weighted by Gasteiger charge is 2.29. The maximum Gasteiger partial charge on any atom is 0.261 e. The van der Waals surface area contributed by atoms with Crippen LogP contribution in [0.25, 0.3) is 10.8 Å². The maximum atomic E-state index is 13.0. The molecule has 10 heteroatoms. The lowest BCUT2D eigenvalue weighted by Gasteiger charge is -2.28. The molecule has 0 fully saturated rings. The number of fused-ring (bicyclic) bond motifs is 1. The highest BCUT2D eigenvalue weighted by atomic mass is 32.2. The number of carbonyl (C=O) groups excluding carboxylic acids is 1. The van der Waals surface area contributed by atoms with Crippen LogP contribution in [0.2, 0.25) is 0 Å². The third-order valence-corrected chi connectivity index (χ3v) is 8.47. The molecule has 0 aliphatic heterocycles. The Balaban J connectivity index is 1.51. The van der Waals surface area contributed by atoms with Gasteiger partial charge in [-0.1, -0.05) is 54.1 Å². The number of benzene rings is 4. The maximum absolute atomic E-state index is 13.0. The van der Waals surface area contributed by atoms with Crippen LogP contribution >= 0.6 is 0 Å². The average molecular weight is 538 g/mol. The van der Waals surface area contributed by atoms with E-state index in [1.165, 1.54) is 31.2 Å². The van der Waals surface area contributed by atoms with Gasteiger partial charge in [0.1, 0.15) is 6.04 Å². The number of hydrogen-bond acceptors (Lipinski definition) is 5. The summed E-state index contributed by atoms with van der Waals surface area (Å²) in [5.41, 5.74) is 2.12. The first-order valence-electron chi connectivity index (χ1n) is 11.4. The molecule has 0 saturated heterocycles. The lowest BCUT2D eigenvalue weighted by molar-refractivity contribution is -0.116. The Labute approximate surface area is 217 Å². The Morgan fingerprint density at radius 2 is 1.43 bits per heavy atom. The van der Waals surface area contributed by atoms with Gasteiger partial charge in [-0.15, -0.1) is 0 Å².